The Kier molecular flexibility index (Phi) is 2.73. The topological polar surface area (TPSA) is 32.3 Å². The molecule has 0 radical (unpaired) electrons. The molecule has 2 aromatic rings. The maximum Gasteiger partial charge on any atom is 0.140 e. The molecule has 0 saturated carbocycles. The Hall–Kier alpha value is -2.07. The van der Waals surface area contributed by atoms with Gasteiger partial charge in [0.1, 0.15) is 16.8 Å². The van der Waals surface area contributed by atoms with Crippen molar-refractivity contribution in [2.75, 3.05) is 19.0 Å². The van der Waals surface area contributed by atoms with E-state index in [2.05, 4.69) is 23.1 Å². The van der Waals surface area contributed by atoms with Crippen LogP contribution in [0.25, 0.3) is 16.6 Å². The minimum Gasteiger partial charge on any atom is -0.331 e. The highest BCUT2D eigenvalue weighted by Crippen LogP contribution is 2.39. The summed E-state index contributed by atoms with van der Waals surface area (Å²) in [6.45, 7) is 10.0. The molecule has 0 aliphatic carbocycles. The third kappa shape index (κ3) is 1.68. The van der Waals surface area contributed by atoms with Gasteiger partial charge in [-0.15, -0.1) is 0 Å². The molecule has 0 atom stereocenters. The Balaban J connectivity index is 2.36. The van der Waals surface area contributed by atoms with Gasteiger partial charge in [-0.3, -0.25) is 0 Å². The van der Waals surface area contributed by atoms with Crippen LogP contribution >= 0.6 is 11.6 Å². The molecule has 0 bridgehead atoms. The second kappa shape index (κ2) is 4.21. The van der Waals surface area contributed by atoms with Crippen molar-refractivity contribution in [1.82, 2.24) is 14.9 Å². The Morgan fingerprint density at radius 3 is 2.50 bits per heavy atom. The third-order valence-electron chi connectivity index (χ3n) is 3.73. The van der Waals surface area contributed by atoms with Crippen molar-refractivity contribution in [3.05, 3.63) is 47.7 Å². The summed E-state index contributed by atoms with van der Waals surface area (Å²) >= 11 is 6.23. The predicted molar refractivity (Wildman–Crippen MR) is 83.6 cm³/mol. The van der Waals surface area contributed by atoms with Gasteiger partial charge in [-0.1, -0.05) is 24.8 Å². The fraction of sp³-hybridized carbons (Fsp3) is 0.200. The van der Waals surface area contributed by atoms with Crippen molar-refractivity contribution in [1.29, 1.82) is 0 Å². The van der Waals surface area contributed by atoms with Gasteiger partial charge in [0, 0.05) is 30.7 Å². The van der Waals surface area contributed by atoms with Gasteiger partial charge < -0.3 is 9.80 Å². The monoisotopic (exact) mass is 286 g/mol. The van der Waals surface area contributed by atoms with Crippen LogP contribution in [0.2, 0.25) is 5.15 Å². The first-order chi connectivity index (χ1) is 9.40. The molecule has 0 fully saturated rings. The number of aromatic nitrogens is 2. The molecule has 102 valence electrons. The molecule has 2 heterocycles. The van der Waals surface area contributed by atoms with Gasteiger partial charge >= 0.3 is 0 Å². The molecule has 0 unspecified atom stereocenters. The van der Waals surface area contributed by atoms with Gasteiger partial charge in [0.05, 0.1) is 11.2 Å². The lowest BCUT2D eigenvalue weighted by atomic mass is 10.0. The van der Waals surface area contributed by atoms with Gasteiger partial charge in [0.2, 0.25) is 0 Å². The number of halogens is 1. The Bertz CT molecular complexity index is 766. The van der Waals surface area contributed by atoms with E-state index in [1.54, 1.807) is 0 Å². The Morgan fingerprint density at radius 1 is 1.10 bits per heavy atom. The maximum absolute atomic E-state index is 6.23. The van der Waals surface area contributed by atoms with Crippen molar-refractivity contribution < 1.29 is 0 Å². The SMILES string of the molecule is C=C1c2cc3nc(C)nc(Cl)c3cc2N(C)C(=C)N1C. The lowest BCUT2D eigenvalue weighted by molar-refractivity contribution is 0.567. The van der Waals surface area contributed by atoms with Gasteiger partial charge in [-0.2, -0.15) is 0 Å². The summed E-state index contributed by atoms with van der Waals surface area (Å²) in [6, 6.07) is 4.00. The summed E-state index contributed by atoms with van der Waals surface area (Å²) in [5.74, 6) is 1.53. The first-order valence-electron chi connectivity index (χ1n) is 6.23. The molecule has 0 N–H and O–H groups in total. The zero-order chi connectivity index (χ0) is 14.6. The molecule has 0 amide bonds. The molecule has 4 nitrogen and oxygen atoms in total. The van der Waals surface area contributed by atoms with Gasteiger partial charge in [0.15, 0.2) is 0 Å². The van der Waals surface area contributed by atoms with Crippen LogP contribution in [0.3, 0.4) is 0 Å². The number of benzene rings is 1. The van der Waals surface area contributed by atoms with E-state index in [-0.39, 0.29) is 0 Å². The molecule has 1 aromatic heterocycles. The minimum atomic E-state index is 0.471. The number of nitrogens with zero attached hydrogens (tertiary/aromatic N) is 4. The molecule has 1 aromatic carbocycles. The van der Waals surface area contributed by atoms with Crippen LogP contribution in [-0.4, -0.2) is 29.0 Å². The van der Waals surface area contributed by atoms with E-state index in [4.69, 9.17) is 11.6 Å². The van der Waals surface area contributed by atoms with Crippen molar-refractivity contribution in [2.24, 2.45) is 0 Å². The molecular formula is C15H15ClN4. The van der Waals surface area contributed by atoms with Crippen LogP contribution in [0.4, 0.5) is 5.69 Å². The average Bonchev–Trinajstić information content (AvgIpc) is 2.41. The van der Waals surface area contributed by atoms with Crippen molar-refractivity contribution in [3.8, 4) is 0 Å². The average molecular weight is 287 g/mol. The number of aryl methyl sites for hydroxylation is 1. The number of anilines is 1. The summed E-state index contributed by atoms with van der Waals surface area (Å²) in [4.78, 5) is 12.6. The standard InChI is InChI=1S/C15H15ClN4/c1-8-11-6-13-12(15(16)18-9(2)17-13)7-14(11)20(5)10(3)19(8)4/h6-7H,1,3H2,2,4-5H3. The molecular weight excluding hydrogens is 272 g/mol. The first-order valence-corrected chi connectivity index (χ1v) is 6.61. The largest absolute Gasteiger partial charge is 0.331 e. The van der Waals surface area contributed by atoms with Crippen molar-refractivity contribution >= 4 is 33.9 Å². The number of hydrogen-bond acceptors (Lipinski definition) is 4. The highest BCUT2D eigenvalue weighted by Gasteiger charge is 2.25. The smallest absolute Gasteiger partial charge is 0.140 e. The lowest BCUT2D eigenvalue weighted by Crippen LogP contribution is -2.33. The Labute approximate surface area is 123 Å². The number of fused-ring (bicyclic) bond motifs is 2. The molecule has 0 saturated heterocycles. The second-order valence-corrected chi connectivity index (χ2v) is 5.29. The zero-order valence-electron chi connectivity index (χ0n) is 11.7. The summed E-state index contributed by atoms with van der Waals surface area (Å²) in [5.41, 5.74) is 3.78. The zero-order valence-corrected chi connectivity index (χ0v) is 12.5. The molecule has 20 heavy (non-hydrogen) atoms. The van der Waals surface area contributed by atoms with E-state index in [1.807, 2.05) is 43.0 Å². The highest BCUT2D eigenvalue weighted by molar-refractivity contribution is 6.34. The van der Waals surface area contributed by atoms with E-state index >= 15 is 0 Å². The van der Waals surface area contributed by atoms with Crippen LogP contribution < -0.4 is 4.90 Å². The third-order valence-corrected chi connectivity index (χ3v) is 4.02. The molecule has 3 rings (SSSR count). The van der Waals surface area contributed by atoms with Crippen molar-refractivity contribution in [2.45, 2.75) is 6.92 Å². The second-order valence-electron chi connectivity index (χ2n) is 4.93. The minimum absolute atomic E-state index is 0.471. The summed E-state index contributed by atoms with van der Waals surface area (Å²) in [5, 5.41) is 1.31. The maximum atomic E-state index is 6.23. The van der Waals surface area contributed by atoms with E-state index in [1.165, 1.54) is 0 Å². The summed E-state index contributed by atoms with van der Waals surface area (Å²) < 4.78 is 0. The van der Waals surface area contributed by atoms with E-state index in [0.29, 0.717) is 11.0 Å². The summed E-state index contributed by atoms with van der Waals surface area (Å²) in [7, 11) is 3.92. The molecule has 1 aliphatic rings. The van der Waals surface area contributed by atoms with Gasteiger partial charge in [-0.05, 0) is 19.1 Å². The van der Waals surface area contributed by atoms with Crippen molar-refractivity contribution in [3.63, 3.8) is 0 Å². The highest BCUT2D eigenvalue weighted by atomic mass is 35.5. The number of rotatable bonds is 0. The summed E-state index contributed by atoms with van der Waals surface area (Å²) in [6.07, 6.45) is 0. The normalized spacial score (nSPS) is 15.0. The molecule has 1 aliphatic heterocycles. The number of hydrogen-bond donors (Lipinski definition) is 0. The van der Waals surface area contributed by atoms with Crippen LogP contribution in [0.1, 0.15) is 11.4 Å². The van der Waals surface area contributed by atoms with Crippen LogP contribution in [0.15, 0.2) is 31.1 Å². The first kappa shape index (κ1) is 12.9. The molecule has 0 spiro atoms. The van der Waals surface area contributed by atoms with Crippen LogP contribution in [-0.2, 0) is 0 Å². The van der Waals surface area contributed by atoms with E-state index in [0.717, 1.165) is 33.7 Å². The van der Waals surface area contributed by atoms with E-state index < -0.39 is 0 Å². The predicted octanol–water partition coefficient (Wildman–Crippen LogP) is 3.42. The molecule has 5 heteroatoms. The van der Waals surface area contributed by atoms with Gasteiger partial charge in [0.25, 0.3) is 0 Å². The quantitative estimate of drug-likeness (QED) is 0.695. The van der Waals surface area contributed by atoms with Crippen LogP contribution in [0.5, 0.6) is 0 Å². The van der Waals surface area contributed by atoms with Gasteiger partial charge in [-0.25, -0.2) is 9.97 Å². The lowest BCUT2D eigenvalue weighted by Gasteiger charge is -2.38. The fourth-order valence-electron chi connectivity index (χ4n) is 2.45. The van der Waals surface area contributed by atoms with Crippen LogP contribution in [0, 0.1) is 6.92 Å². The Morgan fingerprint density at radius 2 is 1.80 bits per heavy atom. The fourth-order valence-corrected chi connectivity index (χ4v) is 2.72. The van der Waals surface area contributed by atoms with E-state index in [9.17, 15) is 0 Å².